The smallest absolute Gasteiger partial charge is 0.0445 e. The van der Waals surface area contributed by atoms with E-state index >= 15 is 0 Å². The van der Waals surface area contributed by atoms with Gasteiger partial charge in [0.05, 0.1) is 0 Å². The fraction of sp³-hybridized carbons (Fsp3) is 1.00. The Balaban J connectivity index is 3.23. The van der Waals surface area contributed by atoms with Crippen LogP contribution in [0.15, 0.2) is 0 Å². The molecule has 2 N–H and O–H groups in total. The van der Waals surface area contributed by atoms with Crippen LogP contribution in [0.3, 0.4) is 0 Å². The highest BCUT2D eigenvalue weighted by Crippen LogP contribution is 2.11. The molecule has 0 aromatic rings. The molecule has 0 bridgehead atoms. The second kappa shape index (κ2) is 15.3. The normalized spacial score (nSPS) is 13.1. The summed E-state index contributed by atoms with van der Waals surface area (Å²) >= 11 is 0. The monoisotopic (exact) mass is 285 g/mol. The van der Waals surface area contributed by atoms with Gasteiger partial charge < -0.3 is 10.4 Å². The summed E-state index contributed by atoms with van der Waals surface area (Å²) in [5.41, 5.74) is 0. The number of aliphatic hydroxyl groups excluding tert-OH is 1. The van der Waals surface area contributed by atoms with Gasteiger partial charge in [0.2, 0.25) is 0 Å². The van der Waals surface area contributed by atoms with Crippen LogP contribution in [-0.2, 0) is 0 Å². The molecule has 0 fully saturated rings. The van der Waals surface area contributed by atoms with Gasteiger partial charge in [-0.2, -0.15) is 0 Å². The van der Waals surface area contributed by atoms with Crippen molar-refractivity contribution in [3.63, 3.8) is 0 Å². The van der Waals surface area contributed by atoms with Crippen molar-refractivity contribution >= 4 is 0 Å². The Morgan fingerprint density at radius 3 is 1.75 bits per heavy atom. The summed E-state index contributed by atoms with van der Waals surface area (Å²) in [5.74, 6) is 0.616. The largest absolute Gasteiger partial charge is 0.396 e. The van der Waals surface area contributed by atoms with Crippen molar-refractivity contribution in [2.24, 2.45) is 5.92 Å². The summed E-state index contributed by atoms with van der Waals surface area (Å²) in [6.07, 6.45) is 14.8. The zero-order valence-electron chi connectivity index (χ0n) is 14.3. The van der Waals surface area contributed by atoms with Gasteiger partial charge in [0.15, 0.2) is 0 Å². The van der Waals surface area contributed by atoms with Crippen molar-refractivity contribution < 1.29 is 5.11 Å². The molecule has 0 amide bonds. The maximum Gasteiger partial charge on any atom is 0.0445 e. The summed E-state index contributed by atoms with van der Waals surface area (Å²) in [6.45, 7) is 8.14. The Hall–Kier alpha value is -0.0800. The van der Waals surface area contributed by atoms with Gasteiger partial charge >= 0.3 is 0 Å². The highest BCUT2D eigenvalue weighted by molar-refractivity contribution is 4.69. The zero-order chi connectivity index (χ0) is 15.1. The molecule has 0 aliphatic carbocycles. The third-order valence-electron chi connectivity index (χ3n) is 4.18. The van der Waals surface area contributed by atoms with Crippen LogP contribution in [0.2, 0.25) is 0 Å². The van der Waals surface area contributed by atoms with E-state index in [-0.39, 0.29) is 0 Å². The lowest BCUT2D eigenvalue weighted by molar-refractivity contribution is 0.244. The van der Waals surface area contributed by atoms with Crippen molar-refractivity contribution in [3.05, 3.63) is 0 Å². The first-order chi connectivity index (χ1) is 9.72. The maximum absolute atomic E-state index is 9.02. The second-order valence-electron chi connectivity index (χ2n) is 6.50. The van der Waals surface area contributed by atoms with Crippen molar-refractivity contribution in [2.75, 3.05) is 13.2 Å². The molecule has 2 nitrogen and oxygen atoms in total. The minimum atomic E-state index is 0.299. The quantitative estimate of drug-likeness (QED) is 0.419. The van der Waals surface area contributed by atoms with E-state index in [1.807, 2.05) is 0 Å². The van der Waals surface area contributed by atoms with Crippen LogP contribution in [-0.4, -0.2) is 24.3 Å². The molecule has 20 heavy (non-hydrogen) atoms. The van der Waals surface area contributed by atoms with E-state index in [4.69, 9.17) is 5.11 Å². The molecule has 2 heteroatoms. The highest BCUT2D eigenvalue weighted by atomic mass is 16.3. The third kappa shape index (κ3) is 12.9. The van der Waals surface area contributed by atoms with E-state index in [0.717, 1.165) is 13.0 Å². The molecule has 0 saturated carbocycles. The van der Waals surface area contributed by atoms with Crippen LogP contribution in [0.5, 0.6) is 0 Å². The summed E-state index contributed by atoms with van der Waals surface area (Å²) in [5, 5.41) is 12.6. The van der Waals surface area contributed by atoms with Gasteiger partial charge in [-0.15, -0.1) is 0 Å². The van der Waals surface area contributed by atoms with Crippen molar-refractivity contribution in [2.45, 2.75) is 97.4 Å². The predicted octanol–water partition coefficient (Wildman–Crippen LogP) is 4.90. The van der Waals surface area contributed by atoms with Crippen molar-refractivity contribution in [1.29, 1.82) is 0 Å². The maximum atomic E-state index is 9.02. The third-order valence-corrected chi connectivity index (χ3v) is 4.18. The lowest BCUT2D eigenvalue weighted by atomic mass is 10.0. The van der Waals surface area contributed by atoms with E-state index < -0.39 is 0 Å². The van der Waals surface area contributed by atoms with Crippen LogP contribution in [0.4, 0.5) is 0 Å². The van der Waals surface area contributed by atoms with Gasteiger partial charge in [0, 0.05) is 12.6 Å². The van der Waals surface area contributed by atoms with Crippen LogP contribution in [0, 0.1) is 5.92 Å². The SMILES string of the molecule is CCCCCCCCCCCCNC(CCO)C(C)C. The second-order valence-corrected chi connectivity index (χ2v) is 6.50. The number of rotatable bonds is 15. The molecule has 0 aromatic heterocycles. The fourth-order valence-electron chi connectivity index (χ4n) is 2.71. The number of aliphatic hydroxyl groups is 1. The minimum Gasteiger partial charge on any atom is -0.396 e. The van der Waals surface area contributed by atoms with Gasteiger partial charge in [0.25, 0.3) is 0 Å². The number of hydrogen-bond donors (Lipinski definition) is 2. The van der Waals surface area contributed by atoms with Crippen molar-refractivity contribution in [1.82, 2.24) is 5.32 Å². The topological polar surface area (TPSA) is 32.3 Å². The first kappa shape index (κ1) is 19.9. The Kier molecular flexibility index (Phi) is 15.3. The van der Waals surface area contributed by atoms with Crippen LogP contribution in [0.1, 0.15) is 91.4 Å². The molecule has 0 radical (unpaired) electrons. The summed E-state index contributed by atoms with van der Waals surface area (Å²) in [4.78, 5) is 0. The van der Waals surface area contributed by atoms with Gasteiger partial charge in [-0.05, 0) is 25.3 Å². The molecule has 0 heterocycles. The molecule has 0 spiro atoms. The summed E-state index contributed by atoms with van der Waals surface area (Å²) in [7, 11) is 0. The Morgan fingerprint density at radius 1 is 0.800 bits per heavy atom. The van der Waals surface area contributed by atoms with E-state index in [9.17, 15) is 0 Å². The predicted molar refractivity (Wildman–Crippen MR) is 90.2 cm³/mol. The molecule has 122 valence electrons. The average molecular weight is 286 g/mol. The summed E-state index contributed by atoms with van der Waals surface area (Å²) in [6, 6.07) is 0.485. The Bertz CT molecular complexity index is 182. The average Bonchev–Trinajstić information content (AvgIpc) is 2.43. The molecule has 0 aromatic carbocycles. The molecule has 0 rings (SSSR count). The summed E-state index contributed by atoms with van der Waals surface area (Å²) < 4.78 is 0. The first-order valence-electron chi connectivity index (χ1n) is 9.06. The first-order valence-corrected chi connectivity index (χ1v) is 9.06. The number of unbranched alkanes of at least 4 members (excludes halogenated alkanes) is 9. The van der Waals surface area contributed by atoms with E-state index in [2.05, 4.69) is 26.1 Å². The Morgan fingerprint density at radius 2 is 1.30 bits per heavy atom. The molecule has 0 aliphatic heterocycles. The van der Waals surface area contributed by atoms with Gasteiger partial charge in [0.1, 0.15) is 0 Å². The van der Waals surface area contributed by atoms with E-state index in [1.165, 1.54) is 64.2 Å². The number of nitrogens with one attached hydrogen (secondary N) is 1. The van der Waals surface area contributed by atoms with E-state index in [0.29, 0.717) is 18.6 Å². The van der Waals surface area contributed by atoms with Gasteiger partial charge in [-0.1, -0.05) is 78.6 Å². The molecule has 0 saturated heterocycles. The van der Waals surface area contributed by atoms with Gasteiger partial charge in [-0.25, -0.2) is 0 Å². The standard InChI is InChI=1S/C18H39NO/c1-4-5-6-7-8-9-10-11-12-13-15-19-18(14-16-20)17(2)3/h17-20H,4-16H2,1-3H3. The van der Waals surface area contributed by atoms with Crippen LogP contribution in [0.25, 0.3) is 0 Å². The molecular formula is C18H39NO. The van der Waals surface area contributed by atoms with Crippen LogP contribution >= 0.6 is 0 Å². The van der Waals surface area contributed by atoms with Crippen molar-refractivity contribution in [3.8, 4) is 0 Å². The number of hydrogen-bond acceptors (Lipinski definition) is 2. The fourth-order valence-corrected chi connectivity index (χ4v) is 2.71. The highest BCUT2D eigenvalue weighted by Gasteiger charge is 2.10. The Labute approximate surface area is 127 Å². The molecule has 1 atom stereocenters. The lowest BCUT2D eigenvalue weighted by Crippen LogP contribution is -2.35. The molecular weight excluding hydrogens is 246 g/mol. The minimum absolute atomic E-state index is 0.299. The van der Waals surface area contributed by atoms with Crippen LogP contribution < -0.4 is 5.32 Å². The lowest BCUT2D eigenvalue weighted by Gasteiger charge is -2.21. The van der Waals surface area contributed by atoms with Gasteiger partial charge in [-0.3, -0.25) is 0 Å². The molecule has 0 aliphatic rings. The molecule has 1 unspecified atom stereocenters. The zero-order valence-corrected chi connectivity index (χ0v) is 14.3. The van der Waals surface area contributed by atoms with E-state index in [1.54, 1.807) is 0 Å².